The third-order valence-electron chi connectivity index (χ3n) is 3.15. The number of carboxylic acid groups (broad SMARTS) is 1. The van der Waals surface area contributed by atoms with E-state index in [2.05, 4.69) is 5.32 Å². The van der Waals surface area contributed by atoms with Gasteiger partial charge in [-0.05, 0) is 36.5 Å². The Morgan fingerprint density at radius 3 is 2.45 bits per heavy atom. The molecule has 112 valence electrons. The number of benzene rings is 1. The average molecular weight is 318 g/mol. The summed E-state index contributed by atoms with van der Waals surface area (Å²) in [6, 6.07) is 4.62. The summed E-state index contributed by atoms with van der Waals surface area (Å²) < 4.78 is 0. The predicted octanol–water partition coefficient (Wildman–Crippen LogP) is 4.53. The van der Waals surface area contributed by atoms with Gasteiger partial charge in [0.15, 0.2) is 0 Å². The number of nitrogens with one attached hydrogen (secondary N) is 1. The first kappa shape index (κ1) is 17.3. The first-order valence-corrected chi connectivity index (χ1v) is 7.54. The minimum absolute atomic E-state index is 0.0976. The highest BCUT2D eigenvalue weighted by Gasteiger charge is 2.23. The van der Waals surface area contributed by atoms with Crippen molar-refractivity contribution in [1.29, 1.82) is 0 Å². The van der Waals surface area contributed by atoms with E-state index >= 15 is 0 Å². The van der Waals surface area contributed by atoms with Gasteiger partial charge in [-0.1, -0.05) is 50.0 Å². The van der Waals surface area contributed by atoms with Crippen molar-refractivity contribution in [2.45, 2.75) is 45.7 Å². The zero-order valence-corrected chi connectivity index (χ0v) is 13.5. The van der Waals surface area contributed by atoms with Crippen LogP contribution in [0.4, 0.5) is 0 Å². The molecular formula is C15H21Cl2NO2. The highest BCUT2D eigenvalue weighted by molar-refractivity contribution is 6.35. The monoisotopic (exact) mass is 317 g/mol. The lowest BCUT2D eigenvalue weighted by atomic mass is 9.99. The van der Waals surface area contributed by atoms with E-state index in [1.807, 2.05) is 26.8 Å². The number of hydrogen-bond donors (Lipinski definition) is 2. The smallest absolute Gasteiger partial charge is 0.320 e. The summed E-state index contributed by atoms with van der Waals surface area (Å²) in [5.41, 5.74) is 0.883. The van der Waals surface area contributed by atoms with Crippen LogP contribution in [-0.4, -0.2) is 17.1 Å². The fourth-order valence-electron chi connectivity index (χ4n) is 2.17. The van der Waals surface area contributed by atoms with Gasteiger partial charge < -0.3 is 5.11 Å². The maximum Gasteiger partial charge on any atom is 0.320 e. The summed E-state index contributed by atoms with van der Waals surface area (Å²) in [6.45, 7) is 6.01. The molecule has 0 aliphatic heterocycles. The van der Waals surface area contributed by atoms with Gasteiger partial charge in [-0.25, -0.2) is 0 Å². The fraction of sp³-hybridized carbons (Fsp3) is 0.533. The molecule has 1 aromatic carbocycles. The van der Waals surface area contributed by atoms with Crippen LogP contribution in [0.1, 0.15) is 45.2 Å². The Morgan fingerprint density at radius 2 is 2.00 bits per heavy atom. The maximum atomic E-state index is 11.3. The van der Waals surface area contributed by atoms with Gasteiger partial charge in [-0.3, -0.25) is 10.1 Å². The third-order valence-corrected chi connectivity index (χ3v) is 3.72. The number of hydrogen-bond acceptors (Lipinski definition) is 2. The fourth-order valence-corrected chi connectivity index (χ4v) is 2.71. The predicted molar refractivity (Wildman–Crippen MR) is 83.5 cm³/mol. The van der Waals surface area contributed by atoms with Crippen LogP contribution in [0.2, 0.25) is 10.0 Å². The van der Waals surface area contributed by atoms with Crippen LogP contribution in [0, 0.1) is 5.92 Å². The van der Waals surface area contributed by atoms with Gasteiger partial charge in [0.1, 0.15) is 6.04 Å². The summed E-state index contributed by atoms with van der Waals surface area (Å²) in [5, 5.41) is 13.6. The highest BCUT2D eigenvalue weighted by Crippen LogP contribution is 2.28. The maximum absolute atomic E-state index is 11.3. The molecule has 2 atom stereocenters. The normalized spacial score (nSPS) is 14.3. The van der Waals surface area contributed by atoms with Crippen molar-refractivity contribution in [1.82, 2.24) is 5.32 Å². The van der Waals surface area contributed by atoms with E-state index in [1.54, 1.807) is 12.1 Å². The minimum atomic E-state index is -0.831. The summed E-state index contributed by atoms with van der Waals surface area (Å²) >= 11 is 12.1. The second-order valence-corrected chi connectivity index (χ2v) is 6.16. The molecule has 2 N–H and O–H groups in total. The molecule has 2 unspecified atom stereocenters. The Balaban J connectivity index is 2.91. The second kappa shape index (κ2) is 7.87. The van der Waals surface area contributed by atoms with Gasteiger partial charge in [-0.15, -0.1) is 0 Å². The molecule has 3 nitrogen and oxygen atoms in total. The van der Waals surface area contributed by atoms with Crippen molar-refractivity contribution in [3.8, 4) is 0 Å². The summed E-state index contributed by atoms with van der Waals surface area (Å²) in [6.07, 6.45) is 1.33. The Kier molecular flexibility index (Phi) is 6.80. The van der Waals surface area contributed by atoms with Crippen molar-refractivity contribution in [2.24, 2.45) is 5.92 Å². The molecule has 1 aromatic rings. The van der Waals surface area contributed by atoms with Gasteiger partial charge in [0.2, 0.25) is 0 Å². The van der Waals surface area contributed by atoms with Gasteiger partial charge >= 0.3 is 5.97 Å². The average Bonchev–Trinajstić information content (AvgIpc) is 2.34. The standard InChI is InChI=1S/C15H21Cl2NO2/c1-4-13(11-6-5-10(16)8-12(11)17)18-14(15(19)20)7-9(2)3/h5-6,8-9,13-14,18H,4,7H2,1-3H3,(H,19,20). The van der Waals surface area contributed by atoms with E-state index in [0.717, 1.165) is 12.0 Å². The van der Waals surface area contributed by atoms with Crippen molar-refractivity contribution in [3.63, 3.8) is 0 Å². The molecule has 0 aliphatic carbocycles. The number of rotatable bonds is 7. The molecule has 1 rings (SSSR count). The van der Waals surface area contributed by atoms with E-state index in [4.69, 9.17) is 23.2 Å². The number of halogens is 2. The van der Waals surface area contributed by atoms with Crippen LogP contribution in [-0.2, 0) is 4.79 Å². The van der Waals surface area contributed by atoms with E-state index < -0.39 is 12.0 Å². The molecule has 0 fully saturated rings. The van der Waals surface area contributed by atoms with Gasteiger partial charge in [-0.2, -0.15) is 0 Å². The van der Waals surface area contributed by atoms with E-state index in [0.29, 0.717) is 22.4 Å². The molecule has 5 heteroatoms. The van der Waals surface area contributed by atoms with Crippen molar-refractivity contribution < 1.29 is 9.90 Å². The largest absolute Gasteiger partial charge is 0.480 e. The molecule has 0 heterocycles. The van der Waals surface area contributed by atoms with Crippen LogP contribution < -0.4 is 5.32 Å². The Morgan fingerprint density at radius 1 is 1.35 bits per heavy atom. The van der Waals surface area contributed by atoms with Crippen LogP contribution in [0.5, 0.6) is 0 Å². The zero-order valence-electron chi connectivity index (χ0n) is 12.0. The first-order chi connectivity index (χ1) is 9.35. The molecular weight excluding hydrogens is 297 g/mol. The molecule has 0 aliphatic rings. The minimum Gasteiger partial charge on any atom is -0.480 e. The van der Waals surface area contributed by atoms with Crippen LogP contribution in [0.25, 0.3) is 0 Å². The van der Waals surface area contributed by atoms with Gasteiger partial charge in [0, 0.05) is 16.1 Å². The van der Waals surface area contributed by atoms with Crippen LogP contribution in [0.3, 0.4) is 0 Å². The molecule has 0 spiro atoms. The first-order valence-electron chi connectivity index (χ1n) is 6.78. The molecule has 20 heavy (non-hydrogen) atoms. The molecule has 0 bridgehead atoms. The molecule has 0 amide bonds. The molecule has 0 aromatic heterocycles. The SMILES string of the molecule is CCC(NC(CC(C)C)C(=O)O)c1ccc(Cl)cc1Cl. The van der Waals surface area contributed by atoms with Crippen molar-refractivity contribution >= 4 is 29.2 Å². The lowest BCUT2D eigenvalue weighted by molar-refractivity contribution is -0.140. The Labute approximate surface area is 130 Å². The lowest BCUT2D eigenvalue weighted by Gasteiger charge is -2.24. The topological polar surface area (TPSA) is 49.3 Å². The number of carbonyl (C=O) groups is 1. The van der Waals surface area contributed by atoms with Crippen LogP contribution >= 0.6 is 23.2 Å². The summed E-state index contributed by atoms with van der Waals surface area (Å²) in [4.78, 5) is 11.3. The molecule has 0 radical (unpaired) electrons. The summed E-state index contributed by atoms with van der Waals surface area (Å²) in [5.74, 6) is -0.524. The lowest BCUT2D eigenvalue weighted by Crippen LogP contribution is -2.40. The second-order valence-electron chi connectivity index (χ2n) is 5.31. The molecule has 0 saturated heterocycles. The van der Waals surface area contributed by atoms with Crippen LogP contribution in [0.15, 0.2) is 18.2 Å². The summed E-state index contributed by atoms with van der Waals surface area (Å²) in [7, 11) is 0. The third kappa shape index (κ3) is 4.97. The van der Waals surface area contributed by atoms with Crippen molar-refractivity contribution in [2.75, 3.05) is 0 Å². The zero-order chi connectivity index (χ0) is 15.3. The number of aliphatic carboxylic acids is 1. The molecule has 0 saturated carbocycles. The Hall–Kier alpha value is -0.770. The highest BCUT2D eigenvalue weighted by atomic mass is 35.5. The van der Waals surface area contributed by atoms with E-state index in [9.17, 15) is 9.90 Å². The number of carboxylic acids is 1. The van der Waals surface area contributed by atoms with E-state index in [1.165, 1.54) is 0 Å². The van der Waals surface area contributed by atoms with Gasteiger partial charge in [0.25, 0.3) is 0 Å². The van der Waals surface area contributed by atoms with E-state index in [-0.39, 0.29) is 6.04 Å². The van der Waals surface area contributed by atoms with Crippen molar-refractivity contribution in [3.05, 3.63) is 33.8 Å². The Bertz CT molecular complexity index is 463. The van der Waals surface area contributed by atoms with Gasteiger partial charge in [0.05, 0.1) is 0 Å². The quantitative estimate of drug-likeness (QED) is 0.776.